The molecule has 6 nitrogen and oxygen atoms in total. The molecule has 1 atom stereocenters. The predicted octanol–water partition coefficient (Wildman–Crippen LogP) is 3.56. The van der Waals surface area contributed by atoms with Crippen molar-refractivity contribution in [3.8, 4) is 0 Å². The molecule has 0 saturated carbocycles. The Morgan fingerprint density at radius 1 is 1.18 bits per heavy atom. The smallest absolute Gasteiger partial charge is 0.338 e. The van der Waals surface area contributed by atoms with Gasteiger partial charge in [-0.25, -0.2) is 4.79 Å². The Morgan fingerprint density at radius 3 is 2.57 bits per heavy atom. The van der Waals surface area contributed by atoms with E-state index >= 15 is 0 Å². The first-order chi connectivity index (χ1) is 13.5. The Bertz CT molecular complexity index is 876. The van der Waals surface area contributed by atoms with Crippen LogP contribution in [0.2, 0.25) is 0 Å². The molecule has 1 fully saturated rings. The summed E-state index contributed by atoms with van der Waals surface area (Å²) in [7, 11) is 0. The molecular weight excluding hydrogens is 356 g/mol. The maximum Gasteiger partial charge on any atom is 0.338 e. The van der Waals surface area contributed by atoms with Crippen LogP contribution in [0.5, 0.6) is 0 Å². The minimum atomic E-state index is -0.949. The molecule has 28 heavy (non-hydrogen) atoms. The summed E-state index contributed by atoms with van der Waals surface area (Å²) in [5.41, 5.74) is 2.81. The zero-order valence-electron chi connectivity index (χ0n) is 16.1. The molecule has 3 rings (SSSR count). The summed E-state index contributed by atoms with van der Waals surface area (Å²) >= 11 is 0. The molecule has 1 aliphatic heterocycles. The topological polar surface area (TPSA) is 75.7 Å². The number of aryl methyl sites for hydroxylation is 1. The first-order valence-corrected chi connectivity index (χ1v) is 9.49. The van der Waals surface area contributed by atoms with Gasteiger partial charge in [0.15, 0.2) is 6.10 Å². The maximum atomic E-state index is 12.4. The Hall–Kier alpha value is -3.15. The van der Waals surface area contributed by atoms with E-state index in [2.05, 4.69) is 12.2 Å². The quantitative estimate of drug-likeness (QED) is 0.778. The molecule has 1 heterocycles. The predicted molar refractivity (Wildman–Crippen MR) is 107 cm³/mol. The number of esters is 1. The van der Waals surface area contributed by atoms with Crippen molar-refractivity contribution in [1.29, 1.82) is 0 Å². The highest BCUT2D eigenvalue weighted by molar-refractivity contribution is 5.99. The molecule has 0 bridgehead atoms. The SMILES string of the molecule is CCc1ccc(NC(=O)[C@H](C)OC(=O)c2cccc(N3CCCC3=O)c2)cc1. The van der Waals surface area contributed by atoms with Crippen LogP contribution in [-0.4, -0.2) is 30.4 Å². The molecule has 0 aromatic heterocycles. The number of anilines is 2. The number of carbonyl (C=O) groups is 3. The van der Waals surface area contributed by atoms with Crippen LogP contribution in [-0.2, 0) is 20.7 Å². The van der Waals surface area contributed by atoms with Crippen molar-refractivity contribution in [1.82, 2.24) is 0 Å². The molecule has 2 aromatic carbocycles. The normalized spacial score (nSPS) is 14.6. The Morgan fingerprint density at radius 2 is 1.93 bits per heavy atom. The Labute approximate surface area is 164 Å². The number of hydrogen-bond donors (Lipinski definition) is 1. The second-order valence-electron chi connectivity index (χ2n) is 6.79. The largest absolute Gasteiger partial charge is 0.449 e. The lowest BCUT2D eigenvalue weighted by molar-refractivity contribution is -0.123. The van der Waals surface area contributed by atoms with E-state index in [4.69, 9.17) is 4.74 Å². The summed E-state index contributed by atoms with van der Waals surface area (Å²) in [5.74, 6) is -0.951. The van der Waals surface area contributed by atoms with Crippen LogP contribution in [0.15, 0.2) is 48.5 Å². The van der Waals surface area contributed by atoms with Gasteiger partial charge in [-0.1, -0.05) is 25.1 Å². The molecule has 1 N–H and O–H groups in total. The van der Waals surface area contributed by atoms with E-state index < -0.39 is 18.0 Å². The van der Waals surface area contributed by atoms with Crippen LogP contribution in [0.3, 0.4) is 0 Å². The summed E-state index contributed by atoms with van der Waals surface area (Å²) in [6.07, 6.45) is 1.30. The van der Waals surface area contributed by atoms with Crippen LogP contribution >= 0.6 is 0 Å². The zero-order valence-corrected chi connectivity index (χ0v) is 16.1. The average Bonchev–Trinajstić information content (AvgIpc) is 3.14. The molecule has 146 valence electrons. The standard InChI is InChI=1S/C22H24N2O4/c1-3-16-9-11-18(12-10-16)23-21(26)15(2)28-22(27)17-6-4-7-19(14-17)24-13-5-8-20(24)25/h4,6-7,9-12,14-15H,3,5,8,13H2,1-2H3,(H,23,26)/t15-/m0/s1. The number of nitrogens with one attached hydrogen (secondary N) is 1. The van der Waals surface area contributed by atoms with Gasteiger partial charge in [0.05, 0.1) is 5.56 Å². The summed E-state index contributed by atoms with van der Waals surface area (Å²) in [6, 6.07) is 14.3. The zero-order chi connectivity index (χ0) is 20.1. The number of nitrogens with zero attached hydrogens (tertiary/aromatic N) is 1. The van der Waals surface area contributed by atoms with E-state index in [1.165, 1.54) is 12.5 Å². The van der Waals surface area contributed by atoms with Crippen molar-refractivity contribution >= 4 is 29.2 Å². The van der Waals surface area contributed by atoms with E-state index in [-0.39, 0.29) is 5.91 Å². The molecule has 2 amide bonds. The van der Waals surface area contributed by atoms with Crippen molar-refractivity contribution in [2.45, 2.75) is 39.2 Å². The van der Waals surface area contributed by atoms with Gasteiger partial charge in [-0.05, 0) is 55.7 Å². The van der Waals surface area contributed by atoms with E-state index in [1.807, 2.05) is 24.3 Å². The fourth-order valence-corrected chi connectivity index (χ4v) is 3.07. The third-order valence-corrected chi connectivity index (χ3v) is 4.75. The first-order valence-electron chi connectivity index (χ1n) is 9.49. The highest BCUT2D eigenvalue weighted by atomic mass is 16.5. The van der Waals surface area contributed by atoms with E-state index in [1.54, 1.807) is 29.2 Å². The number of hydrogen-bond acceptors (Lipinski definition) is 4. The molecule has 1 aliphatic rings. The Balaban J connectivity index is 1.61. The van der Waals surface area contributed by atoms with Gasteiger partial charge in [0.2, 0.25) is 5.91 Å². The summed E-state index contributed by atoms with van der Waals surface area (Å²) in [4.78, 5) is 38.3. The van der Waals surface area contributed by atoms with Gasteiger partial charge in [0.1, 0.15) is 0 Å². The van der Waals surface area contributed by atoms with E-state index in [0.29, 0.717) is 29.9 Å². The summed E-state index contributed by atoms with van der Waals surface area (Å²) in [6.45, 7) is 4.23. The van der Waals surface area contributed by atoms with Crippen LogP contribution in [0.25, 0.3) is 0 Å². The molecule has 2 aromatic rings. The van der Waals surface area contributed by atoms with E-state index in [0.717, 1.165) is 12.8 Å². The molecule has 0 radical (unpaired) electrons. The first kappa shape index (κ1) is 19.6. The van der Waals surface area contributed by atoms with Gasteiger partial charge in [0.25, 0.3) is 5.91 Å². The summed E-state index contributed by atoms with van der Waals surface area (Å²) in [5, 5.41) is 2.74. The lowest BCUT2D eigenvalue weighted by Gasteiger charge is -2.17. The highest BCUT2D eigenvalue weighted by Gasteiger charge is 2.23. The van der Waals surface area contributed by atoms with Crippen LogP contribution < -0.4 is 10.2 Å². The fourth-order valence-electron chi connectivity index (χ4n) is 3.07. The van der Waals surface area contributed by atoms with Crippen molar-refractivity contribution in [3.63, 3.8) is 0 Å². The molecule has 1 saturated heterocycles. The Kier molecular flexibility index (Phi) is 6.09. The number of benzene rings is 2. The van der Waals surface area contributed by atoms with Gasteiger partial charge in [-0.15, -0.1) is 0 Å². The number of carbonyl (C=O) groups excluding carboxylic acids is 3. The average molecular weight is 380 g/mol. The van der Waals surface area contributed by atoms with Crippen molar-refractivity contribution < 1.29 is 19.1 Å². The van der Waals surface area contributed by atoms with Crippen LogP contribution in [0.4, 0.5) is 11.4 Å². The lowest BCUT2D eigenvalue weighted by atomic mass is 10.1. The van der Waals surface area contributed by atoms with Gasteiger partial charge in [-0.3, -0.25) is 9.59 Å². The van der Waals surface area contributed by atoms with Crippen molar-refractivity contribution in [2.75, 3.05) is 16.8 Å². The van der Waals surface area contributed by atoms with Crippen LogP contribution in [0.1, 0.15) is 42.6 Å². The van der Waals surface area contributed by atoms with E-state index in [9.17, 15) is 14.4 Å². The number of rotatable bonds is 6. The van der Waals surface area contributed by atoms with Gasteiger partial charge in [-0.2, -0.15) is 0 Å². The molecule has 0 spiro atoms. The molecular formula is C22H24N2O4. The molecule has 0 aliphatic carbocycles. The monoisotopic (exact) mass is 380 g/mol. The highest BCUT2D eigenvalue weighted by Crippen LogP contribution is 2.23. The van der Waals surface area contributed by atoms with Crippen molar-refractivity contribution in [2.24, 2.45) is 0 Å². The summed E-state index contributed by atoms with van der Waals surface area (Å²) < 4.78 is 5.31. The minimum Gasteiger partial charge on any atom is -0.449 e. The molecule has 0 unspecified atom stereocenters. The maximum absolute atomic E-state index is 12.4. The second-order valence-corrected chi connectivity index (χ2v) is 6.79. The second kappa shape index (κ2) is 8.69. The van der Waals surface area contributed by atoms with Crippen LogP contribution in [0, 0.1) is 0 Å². The number of ether oxygens (including phenoxy) is 1. The number of amides is 2. The third kappa shape index (κ3) is 4.57. The molecule has 6 heteroatoms. The van der Waals surface area contributed by atoms with Crippen molar-refractivity contribution in [3.05, 3.63) is 59.7 Å². The fraction of sp³-hybridized carbons (Fsp3) is 0.318. The van der Waals surface area contributed by atoms with Gasteiger partial charge in [0, 0.05) is 24.3 Å². The third-order valence-electron chi connectivity index (χ3n) is 4.75. The lowest BCUT2D eigenvalue weighted by Crippen LogP contribution is -2.30. The minimum absolute atomic E-state index is 0.0485. The van der Waals surface area contributed by atoms with Gasteiger partial charge < -0.3 is 15.0 Å². The van der Waals surface area contributed by atoms with Gasteiger partial charge >= 0.3 is 5.97 Å².